The van der Waals surface area contributed by atoms with Crippen molar-refractivity contribution in [3.05, 3.63) is 59.4 Å². The van der Waals surface area contributed by atoms with Gasteiger partial charge in [-0.05, 0) is 30.7 Å². The van der Waals surface area contributed by atoms with Crippen LogP contribution in [0.2, 0.25) is 0 Å². The second kappa shape index (κ2) is 5.15. The molecule has 0 N–H and O–H groups in total. The first kappa shape index (κ1) is 11.9. The molecule has 0 heterocycles. The maximum absolute atomic E-state index is 13.4. The standard InChI is InChI=1S/C14H11FOS/c1-10-5-2-3-7-13(10)17-14-8-4-6-12(15)11(14)9-16/h2-9H,1H3. The van der Waals surface area contributed by atoms with Gasteiger partial charge >= 0.3 is 0 Å². The van der Waals surface area contributed by atoms with Crippen LogP contribution in [-0.2, 0) is 0 Å². The van der Waals surface area contributed by atoms with Crippen LogP contribution in [0.25, 0.3) is 0 Å². The zero-order chi connectivity index (χ0) is 12.3. The van der Waals surface area contributed by atoms with Crippen molar-refractivity contribution in [2.45, 2.75) is 16.7 Å². The van der Waals surface area contributed by atoms with E-state index in [9.17, 15) is 9.18 Å². The van der Waals surface area contributed by atoms with Gasteiger partial charge in [-0.3, -0.25) is 4.79 Å². The normalized spacial score (nSPS) is 10.2. The molecule has 86 valence electrons. The molecule has 2 aromatic carbocycles. The fourth-order valence-electron chi connectivity index (χ4n) is 1.51. The zero-order valence-corrected chi connectivity index (χ0v) is 10.1. The predicted octanol–water partition coefficient (Wildman–Crippen LogP) is 4.10. The summed E-state index contributed by atoms with van der Waals surface area (Å²) in [7, 11) is 0. The molecule has 0 radical (unpaired) electrons. The summed E-state index contributed by atoms with van der Waals surface area (Å²) in [4.78, 5) is 12.5. The van der Waals surface area contributed by atoms with E-state index in [2.05, 4.69) is 0 Å². The second-order valence-electron chi connectivity index (χ2n) is 3.64. The highest BCUT2D eigenvalue weighted by Gasteiger charge is 2.09. The summed E-state index contributed by atoms with van der Waals surface area (Å²) in [5.74, 6) is -0.474. The molecule has 2 aromatic rings. The van der Waals surface area contributed by atoms with Gasteiger partial charge < -0.3 is 0 Å². The van der Waals surface area contributed by atoms with Crippen LogP contribution in [-0.4, -0.2) is 6.29 Å². The molecule has 0 saturated heterocycles. The van der Waals surface area contributed by atoms with E-state index in [1.165, 1.54) is 17.8 Å². The Balaban J connectivity index is 2.40. The van der Waals surface area contributed by atoms with E-state index < -0.39 is 5.82 Å². The summed E-state index contributed by atoms with van der Waals surface area (Å²) in [5, 5.41) is 0. The van der Waals surface area contributed by atoms with Gasteiger partial charge in [-0.25, -0.2) is 4.39 Å². The topological polar surface area (TPSA) is 17.1 Å². The van der Waals surface area contributed by atoms with Crippen LogP contribution in [0.4, 0.5) is 4.39 Å². The Bertz CT molecular complexity index is 552. The van der Waals surface area contributed by atoms with Crippen molar-refractivity contribution < 1.29 is 9.18 Å². The van der Waals surface area contributed by atoms with E-state index in [1.807, 2.05) is 31.2 Å². The molecular weight excluding hydrogens is 235 g/mol. The number of rotatable bonds is 3. The molecular formula is C14H11FOS. The Kier molecular flexibility index (Phi) is 3.59. The predicted molar refractivity (Wildman–Crippen MR) is 67.1 cm³/mol. The largest absolute Gasteiger partial charge is 0.298 e. The Labute approximate surface area is 104 Å². The first-order valence-corrected chi connectivity index (χ1v) is 6.01. The van der Waals surface area contributed by atoms with Crippen molar-refractivity contribution in [3.63, 3.8) is 0 Å². The molecule has 17 heavy (non-hydrogen) atoms. The van der Waals surface area contributed by atoms with Crippen LogP contribution < -0.4 is 0 Å². The molecule has 0 fully saturated rings. The number of hydrogen-bond donors (Lipinski definition) is 0. The van der Waals surface area contributed by atoms with Gasteiger partial charge in [-0.1, -0.05) is 36.0 Å². The molecule has 0 aliphatic carbocycles. The number of aldehydes is 1. The summed E-state index contributed by atoms with van der Waals surface area (Å²) >= 11 is 1.41. The van der Waals surface area contributed by atoms with Crippen molar-refractivity contribution >= 4 is 18.0 Å². The number of hydrogen-bond acceptors (Lipinski definition) is 2. The van der Waals surface area contributed by atoms with Gasteiger partial charge in [0.2, 0.25) is 0 Å². The third-order valence-electron chi connectivity index (χ3n) is 2.44. The molecule has 0 atom stereocenters. The van der Waals surface area contributed by atoms with Gasteiger partial charge in [0, 0.05) is 9.79 Å². The molecule has 0 bridgehead atoms. The Hall–Kier alpha value is -1.61. The highest BCUT2D eigenvalue weighted by atomic mass is 32.2. The van der Waals surface area contributed by atoms with Crippen LogP contribution in [0.5, 0.6) is 0 Å². The van der Waals surface area contributed by atoms with Gasteiger partial charge in [0.25, 0.3) is 0 Å². The van der Waals surface area contributed by atoms with Crippen molar-refractivity contribution in [2.24, 2.45) is 0 Å². The average molecular weight is 246 g/mol. The van der Waals surface area contributed by atoms with Crippen molar-refractivity contribution in [1.29, 1.82) is 0 Å². The molecule has 0 aliphatic heterocycles. The molecule has 0 aromatic heterocycles. The lowest BCUT2D eigenvalue weighted by molar-refractivity contribution is 0.111. The zero-order valence-electron chi connectivity index (χ0n) is 9.31. The third-order valence-corrected chi connectivity index (χ3v) is 3.70. The van der Waals surface area contributed by atoms with Crippen LogP contribution >= 0.6 is 11.8 Å². The lowest BCUT2D eigenvalue weighted by atomic mass is 10.2. The number of benzene rings is 2. The summed E-state index contributed by atoms with van der Waals surface area (Å²) < 4.78 is 13.4. The minimum absolute atomic E-state index is 0.126. The quantitative estimate of drug-likeness (QED) is 0.758. The van der Waals surface area contributed by atoms with Crippen LogP contribution in [0.15, 0.2) is 52.3 Å². The minimum atomic E-state index is -0.474. The molecule has 1 nitrogen and oxygen atoms in total. The lowest BCUT2D eigenvalue weighted by Gasteiger charge is -2.07. The maximum Gasteiger partial charge on any atom is 0.154 e. The molecule has 0 amide bonds. The number of aryl methyl sites for hydroxylation is 1. The molecule has 3 heteroatoms. The molecule has 0 aliphatic rings. The fraction of sp³-hybridized carbons (Fsp3) is 0.0714. The Morgan fingerprint density at radius 3 is 2.47 bits per heavy atom. The smallest absolute Gasteiger partial charge is 0.154 e. The third kappa shape index (κ3) is 2.56. The lowest BCUT2D eigenvalue weighted by Crippen LogP contribution is -1.91. The monoisotopic (exact) mass is 246 g/mol. The van der Waals surface area contributed by atoms with Crippen LogP contribution in [0.1, 0.15) is 15.9 Å². The van der Waals surface area contributed by atoms with Gasteiger partial charge in [-0.2, -0.15) is 0 Å². The van der Waals surface area contributed by atoms with Gasteiger partial charge in [0.1, 0.15) is 5.82 Å². The Morgan fingerprint density at radius 2 is 1.76 bits per heavy atom. The van der Waals surface area contributed by atoms with Crippen LogP contribution in [0, 0.1) is 12.7 Å². The van der Waals surface area contributed by atoms with Crippen LogP contribution in [0.3, 0.4) is 0 Å². The number of carbonyl (C=O) groups excluding carboxylic acids is 1. The van der Waals surface area contributed by atoms with Gasteiger partial charge in [0.05, 0.1) is 5.56 Å². The summed E-state index contributed by atoms with van der Waals surface area (Å²) in [6.07, 6.45) is 0.565. The maximum atomic E-state index is 13.4. The molecule has 0 saturated carbocycles. The van der Waals surface area contributed by atoms with Crippen molar-refractivity contribution in [3.8, 4) is 0 Å². The van der Waals surface area contributed by atoms with Crippen molar-refractivity contribution in [2.75, 3.05) is 0 Å². The highest BCUT2D eigenvalue weighted by molar-refractivity contribution is 7.99. The van der Waals surface area contributed by atoms with E-state index in [-0.39, 0.29) is 5.56 Å². The van der Waals surface area contributed by atoms with E-state index in [0.717, 1.165) is 10.5 Å². The number of carbonyl (C=O) groups is 1. The van der Waals surface area contributed by atoms with E-state index in [0.29, 0.717) is 11.2 Å². The summed E-state index contributed by atoms with van der Waals surface area (Å²) in [6, 6.07) is 12.5. The average Bonchev–Trinajstić information content (AvgIpc) is 2.32. The van der Waals surface area contributed by atoms with E-state index in [1.54, 1.807) is 12.1 Å². The first-order chi connectivity index (χ1) is 8.22. The summed E-state index contributed by atoms with van der Waals surface area (Å²) in [5.41, 5.74) is 1.24. The number of halogens is 1. The van der Waals surface area contributed by atoms with E-state index in [4.69, 9.17) is 0 Å². The van der Waals surface area contributed by atoms with Gasteiger partial charge in [-0.15, -0.1) is 0 Å². The van der Waals surface area contributed by atoms with Gasteiger partial charge in [0.15, 0.2) is 6.29 Å². The molecule has 0 unspecified atom stereocenters. The molecule has 2 rings (SSSR count). The van der Waals surface area contributed by atoms with Crippen molar-refractivity contribution in [1.82, 2.24) is 0 Å². The SMILES string of the molecule is Cc1ccccc1Sc1cccc(F)c1C=O. The highest BCUT2D eigenvalue weighted by Crippen LogP contribution is 2.32. The van der Waals surface area contributed by atoms with E-state index >= 15 is 0 Å². The molecule has 0 spiro atoms. The second-order valence-corrected chi connectivity index (χ2v) is 4.72. The Morgan fingerprint density at radius 1 is 1.06 bits per heavy atom. The summed E-state index contributed by atoms with van der Waals surface area (Å²) in [6.45, 7) is 1.99. The first-order valence-electron chi connectivity index (χ1n) is 5.19. The minimum Gasteiger partial charge on any atom is -0.298 e. The fourth-order valence-corrected chi connectivity index (χ4v) is 2.52.